The Morgan fingerprint density at radius 1 is 1.11 bits per heavy atom. The molecule has 0 saturated heterocycles. The zero-order chi connectivity index (χ0) is 13.8. The van der Waals surface area contributed by atoms with Gasteiger partial charge in [-0.05, 0) is 60.9 Å². The molecular weight excluding hydrogens is 252 g/mol. The van der Waals surface area contributed by atoms with Crippen molar-refractivity contribution in [2.24, 2.45) is 0 Å². The molecule has 0 heterocycles. The minimum absolute atomic E-state index is 0.718. The van der Waals surface area contributed by atoms with Crippen molar-refractivity contribution < 1.29 is 0 Å². The third-order valence-electron chi connectivity index (χ3n) is 3.05. The second kappa shape index (κ2) is 5.81. The molecule has 0 atom stereocenters. The normalized spacial score (nSPS) is 10.2. The van der Waals surface area contributed by atoms with Gasteiger partial charge < -0.3 is 5.73 Å². The molecule has 0 aliphatic carbocycles. The van der Waals surface area contributed by atoms with Crippen LogP contribution in [0.4, 0.5) is 5.69 Å². The number of nitrogen functional groups attached to an aromatic ring is 1. The molecule has 2 rings (SSSR count). The van der Waals surface area contributed by atoms with Crippen LogP contribution in [0.2, 0.25) is 0 Å². The van der Waals surface area contributed by atoms with Crippen LogP contribution in [0.3, 0.4) is 0 Å². The van der Waals surface area contributed by atoms with E-state index in [0.29, 0.717) is 0 Å². The van der Waals surface area contributed by atoms with E-state index in [1.807, 2.05) is 37.3 Å². The molecule has 2 N–H and O–H groups in total. The average Bonchev–Trinajstić information content (AvgIpc) is 2.39. The Morgan fingerprint density at radius 2 is 1.89 bits per heavy atom. The molecule has 0 spiro atoms. The molecule has 0 bridgehead atoms. The van der Waals surface area contributed by atoms with Gasteiger partial charge in [0.2, 0.25) is 0 Å². The minimum atomic E-state index is 0.718. The van der Waals surface area contributed by atoms with Crippen LogP contribution < -0.4 is 5.73 Å². The predicted octanol–water partition coefficient (Wildman–Crippen LogP) is 4.05. The third-order valence-corrected chi connectivity index (χ3v) is 4.28. The predicted molar refractivity (Wildman–Crippen MR) is 81.0 cm³/mol. The maximum absolute atomic E-state index is 8.86. The van der Waals surface area contributed by atoms with E-state index in [2.05, 4.69) is 19.1 Å². The molecule has 3 heteroatoms. The molecule has 0 aromatic heterocycles. The van der Waals surface area contributed by atoms with Crippen LogP contribution in [0.5, 0.6) is 0 Å². The number of nitriles is 1. The number of rotatable bonds is 3. The number of benzene rings is 2. The monoisotopic (exact) mass is 268 g/mol. The van der Waals surface area contributed by atoms with Crippen LogP contribution in [0, 0.1) is 25.2 Å². The smallest absolute Gasteiger partial charge is 0.0991 e. The van der Waals surface area contributed by atoms with Gasteiger partial charge in [-0.2, -0.15) is 5.26 Å². The molecule has 96 valence electrons. The zero-order valence-electron chi connectivity index (χ0n) is 11.1. The van der Waals surface area contributed by atoms with Crippen LogP contribution in [-0.2, 0) is 5.75 Å². The van der Waals surface area contributed by atoms with Crippen LogP contribution in [0.15, 0.2) is 41.3 Å². The minimum Gasteiger partial charge on any atom is -0.399 e. The molecule has 0 aliphatic heterocycles. The van der Waals surface area contributed by atoms with E-state index in [4.69, 9.17) is 11.0 Å². The van der Waals surface area contributed by atoms with Crippen molar-refractivity contribution in [1.29, 1.82) is 5.26 Å². The van der Waals surface area contributed by atoms with E-state index in [0.717, 1.165) is 17.0 Å². The number of anilines is 1. The van der Waals surface area contributed by atoms with Gasteiger partial charge in [0.05, 0.1) is 11.6 Å². The van der Waals surface area contributed by atoms with Gasteiger partial charge in [0.25, 0.3) is 0 Å². The quantitative estimate of drug-likeness (QED) is 0.675. The first-order valence-electron chi connectivity index (χ1n) is 6.08. The largest absolute Gasteiger partial charge is 0.399 e. The Bertz CT molecular complexity index is 642. The highest BCUT2D eigenvalue weighted by Gasteiger charge is 2.04. The zero-order valence-corrected chi connectivity index (χ0v) is 11.9. The third kappa shape index (κ3) is 3.30. The maximum Gasteiger partial charge on any atom is 0.0991 e. The standard InChI is InChI=1S/C16H16N2S/c1-11-7-13(9-17)3-4-14(11)10-19-16-6-5-15(18)8-12(16)2/h3-8H,10,18H2,1-2H3. The van der Waals surface area contributed by atoms with Crippen molar-refractivity contribution in [2.75, 3.05) is 5.73 Å². The van der Waals surface area contributed by atoms with E-state index >= 15 is 0 Å². The summed E-state index contributed by atoms with van der Waals surface area (Å²) in [4.78, 5) is 1.25. The molecule has 0 saturated carbocycles. The molecule has 0 unspecified atom stereocenters. The van der Waals surface area contributed by atoms with Gasteiger partial charge in [0.15, 0.2) is 0 Å². The summed E-state index contributed by atoms with van der Waals surface area (Å²) >= 11 is 1.80. The van der Waals surface area contributed by atoms with E-state index in [1.165, 1.54) is 21.6 Å². The molecule has 19 heavy (non-hydrogen) atoms. The number of hydrogen-bond donors (Lipinski definition) is 1. The molecule has 2 nitrogen and oxygen atoms in total. The molecule has 0 fully saturated rings. The molecule has 2 aromatic carbocycles. The number of aryl methyl sites for hydroxylation is 2. The lowest BCUT2D eigenvalue weighted by Gasteiger charge is -2.08. The Morgan fingerprint density at radius 3 is 2.53 bits per heavy atom. The van der Waals surface area contributed by atoms with Gasteiger partial charge in [-0.3, -0.25) is 0 Å². The lowest BCUT2D eigenvalue weighted by molar-refractivity contribution is 1.26. The highest BCUT2D eigenvalue weighted by molar-refractivity contribution is 7.98. The second-order valence-corrected chi connectivity index (χ2v) is 5.58. The Balaban J connectivity index is 2.13. The van der Waals surface area contributed by atoms with Gasteiger partial charge in [-0.1, -0.05) is 6.07 Å². The number of nitrogens with two attached hydrogens (primary N) is 1. The van der Waals surface area contributed by atoms with Gasteiger partial charge in [-0.25, -0.2) is 0 Å². The van der Waals surface area contributed by atoms with Gasteiger partial charge in [-0.15, -0.1) is 11.8 Å². The van der Waals surface area contributed by atoms with Crippen molar-refractivity contribution >= 4 is 17.4 Å². The molecule has 0 amide bonds. The van der Waals surface area contributed by atoms with Crippen molar-refractivity contribution in [3.05, 3.63) is 58.7 Å². The maximum atomic E-state index is 8.86. The number of hydrogen-bond acceptors (Lipinski definition) is 3. The van der Waals surface area contributed by atoms with Gasteiger partial charge >= 0.3 is 0 Å². The fourth-order valence-electron chi connectivity index (χ4n) is 1.92. The Kier molecular flexibility index (Phi) is 4.13. The summed E-state index contributed by atoms with van der Waals surface area (Å²) in [6.07, 6.45) is 0. The first-order chi connectivity index (χ1) is 9.10. The lowest BCUT2D eigenvalue weighted by atomic mass is 10.1. The van der Waals surface area contributed by atoms with E-state index < -0.39 is 0 Å². The van der Waals surface area contributed by atoms with Gasteiger partial charge in [0, 0.05) is 16.3 Å². The first-order valence-corrected chi connectivity index (χ1v) is 7.07. The summed E-state index contributed by atoms with van der Waals surface area (Å²) in [5.41, 5.74) is 10.9. The fourth-order valence-corrected chi connectivity index (χ4v) is 3.00. The Hall–Kier alpha value is -1.92. The molecule has 2 aromatic rings. The van der Waals surface area contributed by atoms with Crippen molar-refractivity contribution in [3.63, 3.8) is 0 Å². The number of thioether (sulfide) groups is 1. The SMILES string of the molecule is Cc1cc(C#N)ccc1CSc1ccc(N)cc1C. The molecule has 0 aliphatic rings. The van der Waals surface area contributed by atoms with E-state index in [9.17, 15) is 0 Å². The van der Waals surface area contributed by atoms with Crippen molar-refractivity contribution in [1.82, 2.24) is 0 Å². The van der Waals surface area contributed by atoms with Crippen molar-refractivity contribution in [3.8, 4) is 6.07 Å². The highest BCUT2D eigenvalue weighted by atomic mass is 32.2. The van der Waals surface area contributed by atoms with Crippen LogP contribution in [0.1, 0.15) is 22.3 Å². The van der Waals surface area contributed by atoms with Gasteiger partial charge in [0.1, 0.15) is 0 Å². The number of nitrogens with zero attached hydrogens (tertiary/aromatic N) is 1. The summed E-state index contributed by atoms with van der Waals surface area (Å²) in [7, 11) is 0. The summed E-state index contributed by atoms with van der Waals surface area (Å²) in [6.45, 7) is 4.12. The summed E-state index contributed by atoms with van der Waals surface area (Å²) in [5, 5.41) is 8.86. The molecule has 0 radical (unpaired) electrons. The fraction of sp³-hybridized carbons (Fsp3) is 0.188. The van der Waals surface area contributed by atoms with Crippen LogP contribution in [-0.4, -0.2) is 0 Å². The van der Waals surface area contributed by atoms with Crippen LogP contribution in [0.25, 0.3) is 0 Å². The lowest BCUT2D eigenvalue weighted by Crippen LogP contribution is -1.90. The summed E-state index contributed by atoms with van der Waals surface area (Å²) in [6, 6.07) is 14.0. The Labute approximate surface area is 118 Å². The first kappa shape index (κ1) is 13.5. The average molecular weight is 268 g/mol. The topological polar surface area (TPSA) is 49.8 Å². The molecular formula is C16H16N2S. The summed E-state index contributed by atoms with van der Waals surface area (Å²) < 4.78 is 0. The highest BCUT2D eigenvalue weighted by Crippen LogP contribution is 2.28. The van der Waals surface area contributed by atoms with E-state index in [1.54, 1.807) is 11.8 Å². The summed E-state index contributed by atoms with van der Waals surface area (Å²) in [5.74, 6) is 0.905. The second-order valence-electron chi connectivity index (χ2n) is 4.57. The van der Waals surface area contributed by atoms with E-state index in [-0.39, 0.29) is 0 Å². The van der Waals surface area contributed by atoms with Crippen molar-refractivity contribution in [2.45, 2.75) is 24.5 Å². The van der Waals surface area contributed by atoms with Crippen LogP contribution >= 0.6 is 11.8 Å².